The highest BCUT2D eigenvalue weighted by Gasteiger charge is 2.19. The topological polar surface area (TPSA) is 65.0 Å². The van der Waals surface area contributed by atoms with Crippen molar-refractivity contribution in [2.24, 2.45) is 0 Å². The Morgan fingerprint density at radius 3 is 2.59 bits per heavy atom. The highest BCUT2D eigenvalue weighted by Crippen LogP contribution is 2.43. The lowest BCUT2D eigenvalue weighted by molar-refractivity contribution is -0.131. The number of carboxylic acids is 1. The molecule has 0 aliphatic heterocycles. The van der Waals surface area contributed by atoms with Gasteiger partial charge in [0.1, 0.15) is 0 Å². The average Bonchev–Trinajstić information content (AvgIpc) is 2.68. The quantitative estimate of drug-likeness (QED) is 0.467. The number of hydrogen-bond acceptors (Lipinski definition) is 4. The molecule has 2 rings (SSSR count). The Kier molecular flexibility index (Phi) is 7.67. The van der Waals surface area contributed by atoms with Crippen LogP contribution in [0.25, 0.3) is 16.3 Å². The molecule has 0 aromatic heterocycles. The van der Waals surface area contributed by atoms with E-state index < -0.39 is 5.97 Å². The third kappa shape index (κ3) is 4.80. The number of benzene rings is 2. The van der Waals surface area contributed by atoms with Gasteiger partial charge in [-0.15, -0.1) is 0 Å². The predicted octanol–water partition coefficient (Wildman–Crippen LogP) is 5.05. The first-order chi connectivity index (χ1) is 13.1. The molecule has 2 aromatic rings. The van der Waals surface area contributed by atoms with Gasteiger partial charge < -0.3 is 19.3 Å². The van der Waals surface area contributed by atoms with E-state index in [1.807, 2.05) is 18.2 Å². The van der Waals surface area contributed by atoms with E-state index in [4.69, 9.17) is 14.2 Å². The van der Waals surface area contributed by atoms with E-state index in [1.165, 1.54) is 6.08 Å². The summed E-state index contributed by atoms with van der Waals surface area (Å²) >= 11 is 0. The van der Waals surface area contributed by atoms with Gasteiger partial charge in [0.05, 0.1) is 7.11 Å². The fourth-order valence-corrected chi connectivity index (χ4v) is 3.26. The zero-order valence-electron chi connectivity index (χ0n) is 16.5. The molecule has 0 aliphatic carbocycles. The second-order valence-electron chi connectivity index (χ2n) is 6.31. The van der Waals surface area contributed by atoms with Gasteiger partial charge in [-0.2, -0.15) is 0 Å². The minimum atomic E-state index is -0.945. The van der Waals surface area contributed by atoms with E-state index in [0.717, 1.165) is 46.7 Å². The van der Waals surface area contributed by atoms with Crippen molar-refractivity contribution < 1.29 is 24.1 Å². The number of fused-ring (bicyclic) bond motifs is 1. The van der Waals surface area contributed by atoms with Gasteiger partial charge in [-0.25, -0.2) is 4.79 Å². The van der Waals surface area contributed by atoms with E-state index in [-0.39, 0.29) is 6.79 Å². The monoisotopic (exact) mass is 372 g/mol. The summed E-state index contributed by atoms with van der Waals surface area (Å²) in [6.45, 7) is 4.28. The van der Waals surface area contributed by atoms with Crippen LogP contribution in [-0.4, -0.2) is 32.1 Å². The molecule has 2 aromatic carbocycles. The van der Waals surface area contributed by atoms with Crippen molar-refractivity contribution in [1.82, 2.24) is 0 Å². The third-order valence-corrected chi connectivity index (χ3v) is 4.53. The lowest BCUT2D eigenvalue weighted by Gasteiger charge is -2.19. The van der Waals surface area contributed by atoms with E-state index in [2.05, 4.69) is 19.9 Å². The lowest BCUT2D eigenvalue weighted by atomic mass is 9.91. The van der Waals surface area contributed by atoms with E-state index in [1.54, 1.807) is 14.2 Å². The number of carboxylic acid groups (broad SMARTS) is 1. The predicted molar refractivity (Wildman–Crippen MR) is 108 cm³/mol. The van der Waals surface area contributed by atoms with Crippen LogP contribution in [0.1, 0.15) is 44.2 Å². The van der Waals surface area contributed by atoms with Gasteiger partial charge in [-0.3, -0.25) is 0 Å². The summed E-state index contributed by atoms with van der Waals surface area (Å²) in [5.41, 5.74) is 2.78. The summed E-state index contributed by atoms with van der Waals surface area (Å²) in [4.78, 5) is 11.4. The van der Waals surface area contributed by atoms with Crippen molar-refractivity contribution in [3.63, 3.8) is 0 Å². The number of carbonyl (C=O) groups is 1. The number of allylic oxidation sites excluding steroid dienone is 1. The molecule has 0 amide bonds. The summed E-state index contributed by atoms with van der Waals surface area (Å²) in [7, 11) is 3.16. The Bertz CT molecular complexity index is 823. The first-order valence-corrected chi connectivity index (χ1v) is 9.25. The Morgan fingerprint density at radius 1 is 1.22 bits per heavy atom. The molecule has 5 heteroatoms. The van der Waals surface area contributed by atoms with Crippen LogP contribution in [0, 0.1) is 0 Å². The van der Waals surface area contributed by atoms with Crippen molar-refractivity contribution in [3.05, 3.63) is 41.5 Å². The van der Waals surface area contributed by atoms with E-state index >= 15 is 0 Å². The van der Waals surface area contributed by atoms with Crippen molar-refractivity contribution in [1.29, 1.82) is 0 Å². The maximum absolute atomic E-state index is 11.4. The molecule has 0 saturated heterocycles. The summed E-state index contributed by atoms with van der Waals surface area (Å²) in [6.07, 6.45) is 4.72. The minimum Gasteiger partial charge on any atom is -0.493 e. The third-order valence-electron chi connectivity index (χ3n) is 4.53. The number of unbranched alkanes of at least 4 members (excludes halogenated alkanes) is 1. The Balaban J connectivity index is 2.82. The van der Waals surface area contributed by atoms with E-state index in [9.17, 15) is 9.90 Å². The van der Waals surface area contributed by atoms with Crippen LogP contribution < -0.4 is 9.47 Å². The van der Waals surface area contributed by atoms with Crippen LogP contribution in [0.5, 0.6) is 11.5 Å². The molecular weight excluding hydrogens is 344 g/mol. The summed E-state index contributed by atoms with van der Waals surface area (Å²) < 4.78 is 16.5. The molecule has 0 fully saturated rings. The highest BCUT2D eigenvalue weighted by atomic mass is 16.7. The van der Waals surface area contributed by atoms with Crippen molar-refractivity contribution in [2.45, 2.75) is 39.5 Å². The summed E-state index contributed by atoms with van der Waals surface area (Å²) in [6, 6.07) is 7.93. The van der Waals surface area contributed by atoms with Crippen LogP contribution in [-0.2, 0) is 16.0 Å². The molecule has 0 spiro atoms. The Labute approximate surface area is 160 Å². The fraction of sp³-hybridized carbons (Fsp3) is 0.409. The Morgan fingerprint density at radius 2 is 2.00 bits per heavy atom. The molecule has 5 nitrogen and oxygen atoms in total. The highest BCUT2D eigenvalue weighted by molar-refractivity contribution is 6.03. The largest absolute Gasteiger partial charge is 0.493 e. The number of rotatable bonds is 10. The summed E-state index contributed by atoms with van der Waals surface area (Å²) in [5, 5.41) is 11.3. The van der Waals surface area contributed by atoms with Crippen molar-refractivity contribution in [2.75, 3.05) is 21.0 Å². The standard InChI is InChI=1S/C22H28O5/c1-5-7-9-16(12-20(23)24)18-13-19(26-4)22(27-14-25-3)21-15(6-2)10-8-11-17(18)21/h8,10-13H,5-7,9,14H2,1-4H3,(H,23,24)/b16-12+. The molecule has 0 bridgehead atoms. The van der Waals surface area contributed by atoms with Gasteiger partial charge >= 0.3 is 5.97 Å². The zero-order valence-corrected chi connectivity index (χ0v) is 16.5. The van der Waals surface area contributed by atoms with Crippen LogP contribution in [0.4, 0.5) is 0 Å². The van der Waals surface area contributed by atoms with Crippen molar-refractivity contribution in [3.8, 4) is 11.5 Å². The van der Waals surface area contributed by atoms with Crippen LogP contribution >= 0.6 is 0 Å². The van der Waals surface area contributed by atoms with Crippen LogP contribution in [0.3, 0.4) is 0 Å². The van der Waals surface area contributed by atoms with E-state index in [0.29, 0.717) is 17.9 Å². The molecular formula is C22H28O5. The second-order valence-corrected chi connectivity index (χ2v) is 6.31. The minimum absolute atomic E-state index is 0.108. The SMILES string of the molecule is CCCC/C(=C\C(=O)O)c1cc(OC)c(OCOC)c2c(CC)cccc12. The molecule has 146 valence electrons. The number of methoxy groups -OCH3 is 2. The van der Waals surface area contributed by atoms with Gasteiger partial charge in [0.25, 0.3) is 0 Å². The van der Waals surface area contributed by atoms with Crippen molar-refractivity contribution >= 4 is 22.3 Å². The smallest absolute Gasteiger partial charge is 0.328 e. The average molecular weight is 372 g/mol. The van der Waals surface area contributed by atoms with Gasteiger partial charge in [0, 0.05) is 18.6 Å². The number of ether oxygens (including phenoxy) is 3. The Hall–Kier alpha value is -2.53. The number of aryl methyl sites for hydroxylation is 1. The molecule has 0 aliphatic rings. The fourth-order valence-electron chi connectivity index (χ4n) is 3.26. The van der Waals surface area contributed by atoms with Crippen LogP contribution in [0.2, 0.25) is 0 Å². The maximum Gasteiger partial charge on any atom is 0.328 e. The maximum atomic E-state index is 11.4. The first kappa shape index (κ1) is 20.8. The normalized spacial score (nSPS) is 11.6. The first-order valence-electron chi connectivity index (χ1n) is 9.25. The molecule has 0 unspecified atom stereocenters. The van der Waals surface area contributed by atoms with Gasteiger partial charge in [0.15, 0.2) is 18.3 Å². The molecule has 0 atom stereocenters. The molecule has 1 N–H and O–H groups in total. The van der Waals surface area contributed by atoms with Gasteiger partial charge in [-0.1, -0.05) is 38.5 Å². The molecule has 0 radical (unpaired) electrons. The van der Waals surface area contributed by atoms with Gasteiger partial charge in [-0.05, 0) is 47.4 Å². The number of aliphatic carboxylic acids is 1. The van der Waals surface area contributed by atoms with Crippen LogP contribution in [0.15, 0.2) is 30.3 Å². The molecule has 0 heterocycles. The molecule has 0 saturated carbocycles. The second kappa shape index (κ2) is 9.97. The zero-order chi connectivity index (χ0) is 19.8. The lowest BCUT2D eigenvalue weighted by Crippen LogP contribution is -2.04. The summed E-state index contributed by atoms with van der Waals surface area (Å²) in [5.74, 6) is 0.253. The van der Waals surface area contributed by atoms with Gasteiger partial charge in [0.2, 0.25) is 0 Å². The number of hydrogen-bond donors (Lipinski definition) is 1. The molecule has 27 heavy (non-hydrogen) atoms.